The summed E-state index contributed by atoms with van der Waals surface area (Å²) in [6.45, 7) is 7.93. The standard InChI is InChI=1S/C12H21NS/c1-10(2)6-4-8-13-11(3)12-7-5-9-14-12/h5,7,9-11,13H,4,6,8H2,1-3H3/t11-/m0/s1. The Kier molecular flexibility index (Phi) is 5.20. The molecule has 0 amide bonds. The maximum absolute atomic E-state index is 3.55. The van der Waals surface area contributed by atoms with Crippen molar-refractivity contribution in [3.05, 3.63) is 22.4 Å². The van der Waals surface area contributed by atoms with Crippen LogP contribution < -0.4 is 5.32 Å². The normalized spacial score (nSPS) is 13.4. The highest BCUT2D eigenvalue weighted by Gasteiger charge is 2.04. The van der Waals surface area contributed by atoms with Crippen LogP contribution in [0.1, 0.15) is 44.5 Å². The van der Waals surface area contributed by atoms with Crippen LogP contribution in [0, 0.1) is 5.92 Å². The van der Waals surface area contributed by atoms with Crippen molar-refractivity contribution >= 4 is 11.3 Å². The smallest absolute Gasteiger partial charge is 0.0386 e. The number of nitrogens with one attached hydrogen (secondary N) is 1. The molecule has 1 nitrogen and oxygen atoms in total. The molecule has 1 aromatic heterocycles. The van der Waals surface area contributed by atoms with E-state index in [4.69, 9.17) is 0 Å². The molecule has 0 spiro atoms. The molecule has 1 atom stereocenters. The molecule has 0 saturated carbocycles. The maximum atomic E-state index is 3.55. The van der Waals surface area contributed by atoms with E-state index in [1.54, 1.807) is 0 Å². The van der Waals surface area contributed by atoms with Gasteiger partial charge < -0.3 is 5.32 Å². The monoisotopic (exact) mass is 211 g/mol. The molecule has 0 aromatic carbocycles. The Balaban J connectivity index is 2.13. The van der Waals surface area contributed by atoms with E-state index in [-0.39, 0.29) is 0 Å². The van der Waals surface area contributed by atoms with Crippen LogP contribution in [0.4, 0.5) is 0 Å². The molecule has 1 rings (SSSR count). The van der Waals surface area contributed by atoms with Gasteiger partial charge in [0, 0.05) is 10.9 Å². The summed E-state index contributed by atoms with van der Waals surface area (Å²) in [5, 5.41) is 5.69. The lowest BCUT2D eigenvalue weighted by molar-refractivity contribution is 0.500. The van der Waals surface area contributed by atoms with Gasteiger partial charge >= 0.3 is 0 Å². The molecule has 0 aliphatic heterocycles. The van der Waals surface area contributed by atoms with Crippen LogP contribution in [-0.4, -0.2) is 6.54 Å². The van der Waals surface area contributed by atoms with E-state index in [0.717, 1.165) is 12.5 Å². The fourth-order valence-electron chi connectivity index (χ4n) is 1.47. The van der Waals surface area contributed by atoms with E-state index < -0.39 is 0 Å². The molecule has 2 heteroatoms. The van der Waals surface area contributed by atoms with Gasteiger partial charge in [0.15, 0.2) is 0 Å². The zero-order chi connectivity index (χ0) is 10.4. The SMILES string of the molecule is CC(C)CCCN[C@@H](C)c1cccs1. The quantitative estimate of drug-likeness (QED) is 0.705. The molecule has 0 bridgehead atoms. The lowest BCUT2D eigenvalue weighted by atomic mass is 10.1. The summed E-state index contributed by atoms with van der Waals surface area (Å²) in [6.07, 6.45) is 2.61. The average molecular weight is 211 g/mol. The van der Waals surface area contributed by atoms with Gasteiger partial charge in [0.05, 0.1) is 0 Å². The van der Waals surface area contributed by atoms with Gasteiger partial charge in [0.2, 0.25) is 0 Å². The molecule has 0 fully saturated rings. The second-order valence-corrected chi connectivity index (χ2v) is 5.21. The van der Waals surface area contributed by atoms with Crippen LogP contribution in [0.3, 0.4) is 0 Å². The fourth-order valence-corrected chi connectivity index (χ4v) is 2.23. The number of thiophene rings is 1. The van der Waals surface area contributed by atoms with Crippen LogP contribution in [-0.2, 0) is 0 Å². The van der Waals surface area contributed by atoms with Crippen molar-refractivity contribution in [3.8, 4) is 0 Å². The third kappa shape index (κ3) is 4.25. The number of hydrogen-bond donors (Lipinski definition) is 1. The first-order valence-electron chi connectivity index (χ1n) is 5.47. The van der Waals surface area contributed by atoms with Gasteiger partial charge in [-0.1, -0.05) is 19.9 Å². The summed E-state index contributed by atoms with van der Waals surface area (Å²) in [6, 6.07) is 4.83. The van der Waals surface area contributed by atoms with E-state index in [1.165, 1.54) is 17.7 Å². The van der Waals surface area contributed by atoms with Crippen molar-refractivity contribution in [1.82, 2.24) is 5.32 Å². The van der Waals surface area contributed by atoms with Gasteiger partial charge in [0.1, 0.15) is 0 Å². The molecule has 0 aliphatic carbocycles. The lowest BCUT2D eigenvalue weighted by Crippen LogP contribution is -2.19. The minimum Gasteiger partial charge on any atom is -0.309 e. The van der Waals surface area contributed by atoms with E-state index in [1.807, 2.05) is 11.3 Å². The Morgan fingerprint density at radius 2 is 2.14 bits per heavy atom. The Labute approximate surface area is 91.5 Å². The molecule has 0 aliphatic rings. The van der Waals surface area contributed by atoms with E-state index in [2.05, 4.69) is 43.6 Å². The van der Waals surface area contributed by atoms with Gasteiger partial charge in [-0.05, 0) is 43.7 Å². The predicted octanol–water partition coefficient (Wildman–Crippen LogP) is 3.83. The summed E-state index contributed by atoms with van der Waals surface area (Å²) >= 11 is 1.83. The average Bonchev–Trinajstić information content (AvgIpc) is 2.64. The molecule has 80 valence electrons. The molecule has 0 saturated heterocycles. The van der Waals surface area contributed by atoms with Gasteiger partial charge in [-0.25, -0.2) is 0 Å². The van der Waals surface area contributed by atoms with E-state index in [0.29, 0.717) is 6.04 Å². The molecule has 1 N–H and O–H groups in total. The topological polar surface area (TPSA) is 12.0 Å². The summed E-state index contributed by atoms with van der Waals surface area (Å²) in [7, 11) is 0. The summed E-state index contributed by atoms with van der Waals surface area (Å²) in [4.78, 5) is 1.44. The molecule has 1 heterocycles. The van der Waals surface area contributed by atoms with Gasteiger partial charge in [0.25, 0.3) is 0 Å². The Morgan fingerprint density at radius 1 is 1.36 bits per heavy atom. The Morgan fingerprint density at radius 3 is 2.71 bits per heavy atom. The van der Waals surface area contributed by atoms with Crippen molar-refractivity contribution in [2.75, 3.05) is 6.54 Å². The highest BCUT2D eigenvalue weighted by molar-refractivity contribution is 7.10. The van der Waals surface area contributed by atoms with Crippen molar-refractivity contribution in [2.45, 2.75) is 39.7 Å². The summed E-state index contributed by atoms with van der Waals surface area (Å²) in [5.74, 6) is 0.828. The molecule has 0 unspecified atom stereocenters. The van der Waals surface area contributed by atoms with E-state index >= 15 is 0 Å². The maximum Gasteiger partial charge on any atom is 0.0386 e. The predicted molar refractivity (Wildman–Crippen MR) is 64.8 cm³/mol. The van der Waals surface area contributed by atoms with Gasteiger partial charge in [-0.15, -0.1) is 11.3 Å². The van der Waals surface area contributed by atoms with Crippen molar-refractivity contribution in [2.24, 2.45) is 5.92 Å². The summed E-state index contributed by atoms with van der Waals surface area (Å²) in [5.41, 5.74) is 0. The second-order valence-electron chi connectivity index (χ2n) is 4.23. The third-order valence-corrected chi connectivity index (χ3v) is 3.43. The highest BCUT2D eigenvalue weighted by Crippen LogP contribution is 2.17. The number of rotatable bonds is 6. The molecule has 0 radical (unpaired) electrons. The van der Waals surface area contributed by atoms with Crippen LogP contribution in [0.15, 0.2) is 17.5 Å². The van der Waals surface area contributed by atoms with E-state index in [9.17, 15) is 0 Å². The largest absolute Gasteiger partial charge is 0.309 e. The number of hydrogen-bond acceptors (Lipinski definition) is 2. The molecule has 14 heavy (non-hydrogen) atoms. The lowest BCUT2D eigenvalue weighted by Gasteiger charge is -2.12. The summed E-state index contributed by atoms with van der Waals surface area (Å²) < 4.78 is 0. The van der Waals surface area contributed by atoms with Crippen LogP contribution in [0.2, 0.25) is 0 Å². The highest BCUT2D eigenvalue weighted by atomic mass is 32.1. The Hall–Kier alpha value is -0.340. The fraction of sp³-hybridized carbons (Fsp3) is 0.667. The first-order valence-corrected chi connectivity index (χ1v) is 6.35. The van der Waals surface area contributed by atoms with Crippen LogP contribution in [0.5, 0.6) is 0 Å². The Bertz CT molecular complexity index is 228. The minimum atomic E-state index is 0.516. The minimum absolute atomic E-state index is 0.516. The van der Waals surface area contributed by atoms with Crippen molar-refractivity contribution in [3.63, 3.8) is 0 Å². The third-order valence-electron chi connectivity index (χ3n) is 2.38. The first kappa shape index (κ1) is 11.7. The van der Waals surface area contributed by atoms with Crippen molar-refractivity contribution in [1.29, 1.82) is 0 Å². The van der Waals surface area contributed by atoms with Crippen LogP contribution in [0.25, 0.3) is 0 Å². The zero-order valence-corrected chi connectivity index (χ0v) is 10.2. The first-order chi connectivity index (χ1) is 6.70. The second kappa shape index (κ2) is 6.20. The van der Waals surface area contributed by atoms with Gasteiger partial charge in [-0.3, -0.25) is 0 Å². The molecule has 1 aromatic rings. The van der Waals surface area contributed by atoms with Crippen molar-refractivity contribution < 1.29 is 0 Å². The molecular weight excluding hydrogens is 190 g/mol. The van der Waals surface area contributed by atoms with Gasteiger partial charge in [-0.2, -0.15) is 0 Å². The van der Waals surface area contributed by atoms with Crippen LogP contribution >= 0.6 is 11.3 Å². The zero-order valence-electron chi connectivity index (χ0n) is 9.42. The molecular formula is C12H21NS.